The SMILES string of the molecule is CC(=O)OC=C1CC(C(=O)O)N2C(=O)C[C@H]2S1. The van der Waals surface area contributed by atoms with E-state index < -0.39 is 18.0 Å². The number of esters is 1. The summed E-state index contributed by atoms with van der Waals surface area (Å²) in [5, 5.41) is 8.90. The van der Waals surface area contributed by atoms with Crippen LogP contribution in [-0.2, 0) is 19.1 Å². The molecule has 2 aliphatic heterocycles. The number of β-lactam (4-membered cyclic amide) rings is 1. The van der Waals surface area contributed by atoms with Gasteiger partial charge in [-0.15, -0.1) is 11.8 Å². The van der Waals surface area contributed by atoms with Gasteiger partial charge in [0.2, 0.25) is 5.91 Å². The van der Waals surface area contributed by atoms with Gasteiger partial charge < -0.3 is 14.7 Å². The van der Waals surface area contributed by atoms with E-state index in [0.29, 0.717) is 11.3 Å². The number of hydrogen-bond donors (Lipinski definition) is 1. The number of carboxylic acid groups (broad SMARTS) is 1. The summed E-state index contributed by atoms with van der Waals surface area (Å²) in [6.45, 7) is 1.28. The molecule has 2 fully saturated rings. The van der Waals surface area contributed by atoms with Gasteiger partial charge in [-0.05, 0) is 0 Å². The molecule has 0 aromatic heterocycles. The number of fused-ring (bicyclic) bond motifs is 1. The second kappa shape index (κ2) is 4.40. The van der Waals surface area contributed by atoms with Gasteiger partial charge in [-0.1, -0.05) is 0 Å². The van der Waals surface area contributed by atoms with Crippen molar-refractivity contribution in [3.8, 4) is 0 Å². The van der Waals surface area contributed by atoms with E-state index in [1.807, 2.05) is 0 Å². The molecule has 2 heterocycles. The lowest BCUT2D eigenvalue weighted by atomic mass is 10.1. The molecule has 1 N–H and O–H groups in total. The monoisotopic (exact) mass is 257 g/mol. The number of hydrogen-bond acceptors (Lipinski definition) is 5. The van der Waals surface area contributed by atoms with Crippen LogP contribution in [-0.4, -0.2) is 39.3 Å². The third kappa shape index (κ3) is 2.28. The van der Waals surface area contributed by atoms with Crippen LogP contribution < -0.4 is 0 Å². The van der Waals surface area contributed by atoms with Gasteiger partial charge in [0.25, 0.3) is 0 Å². The molecule has 7 heteroatoms. The lowest BCUT2D eigenvalue weighted by Crippen LogP contribution is -2.60. The summed E-state index contributed by atoms with van der Waals surface area (Å²) in [5.74, 6) is -1.62. The van der Waals surface area contributed by atoms with Crippen LogP contribution in [0.25, 0.3) is 0 Å². The maximum Gasteiger partial charge on any atom is 0.326 e. The van der Waals surface area contributed by atoms with Crippen molar-refractivity contribution in [1.82, 2.24) is 4.90 Å². The van der Waals surface area contributed by atoms with E-state index in [4.69, 9.17) is 9.84 Å². The molecule has 0 radical (unpaired) electrons. The molecular weight excluding hydrogens is 246 g/mol. The molecule has 1 unspecified atom stereocenters. The third-order valence-corrected chi connectivity index (χ3v) is 3.84. The van der Waals surface area contributed by atoms with Gasteiger partial charge in [-0.3, -0.25) is 9.59 Å². The molecule has 2 aliphatic rings. The zero-order valence-electron chi connectivity index (χ0n) is 9.08. The number of aliphatic carboxylic acids is 1. The number of ether oxygens (including phenoxy) is 1. The van der Waals surface area contributed by atoms with Crippen LogP contribution in [0.2, 0.25) is 0 Å². The average Bonchev–Trinajstić information content (AvgIpc) is 2.23. The molecule has 92 valence electrons. The van der Waals surface area contributed by atoms with Crippen molar-refractivity contribution in [2.24, 2.45) is 0 Å². The van der Waals surface area contributed by atoms with Crippen molar-refractivity contribution in [3.05, 3.63) is 11.2 Å². The topological polar surface area (TPSA) is 83.9 Å². The molecule has 0 saturated carbocycles. The first-order valence-electron chi connectivity index (χ1n) is 5.06. The first-order valence-corrected chi connectivity index (χ1v) is 5.94. The van der Waals surface area contributed by atoms with E-state index in [1.54, 1.807) is 0 Å². The van der Waals surface area contributed by atoms with Gasteiger partial charge >= 0.3 is 11.9 Å². The molecule has 0 aromatic carbocycles. The molecule has 0 spiro atoms. The third-order valence-electron chi connectivity index (χ3n) is 2.61. The first kappa shape index (κ1) is 12.0. The van der Waals surface area contributed by atoms with Crippen molar-refractivity contribution in [1.29, 1.82) is 0 Å². The highest BCUT2D eigenvalue weighted by molar-refractivity contribution is 8.03. The predicted octanol–water partition coefficient (Wildman–Crippen LogP) is 0.539. The Labute approximate surface area is 102 Å². The zero-order chi connectivity index (χ0) is 12.6. The highest BCUT2D eigenvalue weighted by atomic mass is 32.2. The lowest BCUT2D eigenvalue weighted by molar-refractivity contribution is -0.158. The normalized spacial score (nSPS) is 29.6. The van der Waals surface area contributed by atoms with E-state index in [1.165, 1.54) is 29.8 Å². The zero-order valence-corrected chi connectivity index (χ0v) is 9.90. The quantitative estimate of drug-likeness (QED) is 0.441. The molecule has 0 aromatic rings. The molecule has 2 saturated heterocycles. The summed E-state index contributed by atoms with van der Waals surface area (Å²) in [4.78, 5) is 35.0. The standard InChI is InChI=1S/C10H11NO5S/c1-5(12)16-4-6-2-7(10(14)15)11-8(13)3-9(11)17-6/h4,7,9H,2-3H2,1H3,(H,14,15)/t7?,9-/m1/s1. The van der Waals surface area contributed by atoms with Crippen LogP contribution in [0.1, 0.15) is 19.8 Å². The van der Waals surface area contributed by atoms with Crippen molar-refractivity contribution >= 4 is 29.6 Å². The molecule has 2 rings (SSSR count). The highest BCUT2D eigenvalue weighted by Gasteiger charge is 2.48. The van der Waals surface area contributed by atoms with Gasteiger partial charge in [0.05, 0.1) is 11.8 Å². The molecule has 2 atom stereocenters. The highest BCUT2D eigenvalue weighted by Crippen LogP contribution is 2.43. The van der Waals surface area contributed by atoms with Crippen molar-refractivity contribution in [2.75, 3.05) is 0 Å². The summed E-state index contributed by atoms with van der Waals surface area (Å²) in [6.07, 6.45) is 1.81. The molecule has 1 amide bonds. The summed E-state index contributed by atoms with van der Waals surface area (Å²) in [6, 6.07) is -0.843. The summed E-state index contributed by atoms with van der Waals surface area (Å²) < 4.78 is 4.73. The minimum absolute atomic E-state index is 0.138. The van der Waals surface area contributed by atoms with Gasteiger partial charge in [0, 0.05) is 18.2 Å². The maximum atomic E-state index is 11.3. The van der Waals surface area contributed by atoms with E-state index in [0.717, 1.165) is 0 Å². The Morgan fingerprint density at radius 2 is 2.24 bits per heavy atom. The number of thioether (sulfide) groups is 1. The fraction of sp³-hybridized carbons (Fsp3) is 0.500. The second-order valence-electron chi connectivity index (χ2n) is 3.83. The van der Waals surface area contributed by atoms with E-state index in [2.05, 4.69) is 0 Å². The number of amides is 1. The molecular formula is C10H11NO5S. The Balaban J connectivity index is 2.10. The lowest BCUT2D eigenvalue weighted by Gasteiger charge is -2.47. The Morgan fingerprint density at radius 3 is 2.76 bits per heavy atom. The summed E-state index contributed by atoms with van der Waals surface area (Å²) >= 11 is 1.37. The Kier molecular flexibility index (Phi) is 3.10. The van der Waals surface area contributed by atoms with Crippen LogP contribution >= 0.6 is 11.8 Å². The van der Waals surface area contributed by atoms with Gasteiger partial charge in [-0.2, -0.15) is 0 Å². The van der Waals surface area contributed by atoms with Crippen molar-refractivity contribution < 1.29 is 24.2 Å². The van der Waals surface area contributed by atoms with Gasteiger partial charge in [0.1, 0.15) is 12.3 Å². The first-order chi connectivity index (χ1) is 7.99. The number of carboxylic acids is 1. The predicted molar refractivity (Wildman–Crippen MR) is 58.7 cm³/mol. The van der Waals surface area contributed by atoms with Gasteiger partial charge in [-0.25, -0.2) is 4.79 Å². The van der Waals surface area contributed by atoms with Crippen molar-refractivity contribution in [3.63, 3.8) is 0 Å². The number of carbonyl (C=O) groups is 3. The van der Waals surface area contributed by atoms with Crippen LogP contribution in [0.15, 0.2) is 11.2 Å². The molecule has 0 aliphatic carbocycles. The molecule has 6 nitrogen and oxygen atoms in total. The summed E-state index contributed by atoms with van der Waals surface area (Å²) in [7, 11) is 0. The second-order valence-corrected chi connectivity index (χ2v) is 5.13. The number of nitrogens with zero attached hydrogens (tertiary/aromatic N) is 1. The number of carbonyl (C=O) groups excluding carboxylic acids is 2. The van der Waals surface area contributed by atoms with Crippen LogP contribution in [0, 0.1) is 0 Å². The Morgan fingerprint density at radius 1 is 1.53 bits per heavy atom. The van der Waals surface area contributed by atoms with Crippen molar-refractivity contribution in [2.45, 2.75) is 31.2 Å². The maximum absolute atomic E-state index is 11.3. The minimum atomic E-state index is -1.03. The van der Waals surface area contributed by atoms with Crippen LogP contribution in [0.3, 0.4) is 0 Å². The largest absolute Gasteiger partial charge is 0.480 e. The minimum Gasteiger partial charge on any atom is -0.480 e. The fourth-order valence-corrected chi connectivity index (χ4v) is 3.13. The van der Waals surface area contributed by atoms with E-state index in [-0.39, 0.29) is 17.7 Å². The number of rotatable bonds is 2. The fourth-order valence-electron chi connectivity index (χ4n) is 1.82. The van der Waals surface area contributed by atoms with Crippen LogP contribution in [0.5, 0.6) is 0 Å². The smallest absolute Gasteiger partial charge is 0.326 e. The average molecular weight is 257 g/mol. The van der Waals surface area contributed by atoms with E-state index >= 15 is 0 Å². The Hall–Kier alpha value is -1.50. The van der Waals surface area contributed by atoms with Gasteiger partial charge in [0.15, 0.2) is 0 Å². The summed E-state index contributed by atoms with van der Waals surface area (Å²) in [5.41, 5.74) is 0. The molecule has 0 bridgehead atoms. The van der Waals surface area contributed by atoms with Crippen LogP contribution in [0.4, 0.5) is 0 Å². The molecule has 17 heavy (non-hydrogen) atoms. The van der Waals surface area contributed by atoms with E-state index in [9.17, 15) is 14.4 Å². The Bertz CT molecular complexity index is 419.